The Kier molecular flexibility index (Phi) is 7.02. The van der Waals surface area contributed by atoms with Gasteiger partial charge in [-0.25, -0.2) is 14.2 Å². The van der Waals surface area contributed by atoms with E-state index in [1.807, 2.05) is 6.92 Å². The average Bonchev–Trinajstić information content (AvgIpc) is 3.15. The van der Waals surface area contributed by atoms with E-state index in [0.717, 1.165) is 36.0 Å². The third-order valence-electron chi connectivity index (χ3n) is 3.91. The van der Waals surface area contributed by atoms with E-state index in [4.69, 9.17) is 4.74 Å². The number of aliphatic carboxylic acids is 1. The van der Waals surface area contributed by atoms with Crippen molar-refractivity contribution in [2.75, 3.05) is 0 Å². The standard InChI is InChI=1S/C21H20FN3O3S/c1-2-3-19-23-21(25-24-19)29-18(20(26)27)12-14-6-10-17(11-7-14)28-13-15-4-8-16(22)9-5-15/h4-12H,2-3,13H2,1H3,(H,26,27)(H,23,24,25)/b18-12-. The molecule has 0 radical (unpaired) electrons. The number of benzene rings is 2. The number of hydrogen-bond donors (Lipinski definition) is 2. The van der Waals surface area contributed by atoms with Crippen LogP contribution in [0.15, 0.2) is 58.6 Å². The molecule has 0 fully saturated rings. The van der Waals surface area contributed by atoms with Gasteiger partial charge in [0.15, 0.2) is 0 Å². The number of aryl methyl sites for hydroxylation is 1. The Morgan fingerprint density at radius 2 is 1.93 bits per heavy atom. The predicted octanol–water partition coefficient (Wildman–Crippen LogP) is 4.69. The molecule has 0 bridgehead atoms. The van der Waals surface area contributed by atoms with E-state index < -0.39 is 5.97 Å². The molecular formula is C21H20FN3O3S. The number of nitrogens with one attached hydrogen (secondary N) is 1. The van der Waals surface area contributed by atoms with Crippen molar-refractivity contribution in [3.63, 3.8) is 0 Å². The fourth-order valence-corrected chi connectivity index (χ4v) is 3.19. The molecule has 0 aliphatic heterocycles. The van der Waals surface area contributed by atoms with Crippen LogP contribution in [0.2, 0.25) is 0 Å². The zero-order chi connectivity index (χ0) is 20.6. The summed E-state index contributed by atoms with van der Waals surface area (Å²) in [6.07, 6.45) is 3.25. The smallest absolute Gasteiger partial charge is 0.342 e. The number of aromatic amines is 1. The lowest BCUT2D eigenvalue weighted by atomic mass is 10.2. The van der Waals surface area contributed by atoms with Crippen molar-refractivity contribution >= 4 is 23.8 Å². The lowest BCUT2D eigenvalue weighted by molar-refractivity contribution is -0.131. The first-order valence-electron chi connectivity index (χ1n) is 9.05. The predicted molar refractivity (Wildman–Crippen MR) is 109 cm³/mol. The van der Waals surface area contributed by atoms with Crippen LogP contribution in [-0.4, -0.2) is 26.3 Å². The molecule has 29 heavy (non-hydrogen) atoms. The van der Waals surface area contributed by atoms with Crippen molar-refractivity contribution in [3.05, 3.63) is 76.2 Å². The van der Waals surface area contributed by atoms with Crippen molar-refractivity contribution in [2.45, 2.75) is 31.5 Å². The van der Waals surface area contributed by atoms with Crippen LogP contribution in [0.5, 0.6) is 5.75 Å². The largest absolute Gasteiger partial charge is 0.489 e. The van der Waals surface area contributed by atoms with E-state index >= 15 is 0 Å². The van der Waals surface area contributed by atoms with E-state index in [9.17, 15) is 14.3 Å². The summed E-state index contributed by atoms with van der Waals surface area (Å²) < 4.78 is 18.6. The third-order valence-corrected chi connectivity index (χ3v) is 4.78. The van der Waals surface area contributed by atoms with E-state index in [1.165, 1.54) is 12.1 Å². The minimum atomic E-state index is -1.05. The first kappa shape index (κ1) is 20.6. The summed E-state index contributed by atoms with van der Waals surface area (Å²) in [5.74, 6) is 0.0358. The summed E-state index contributed by atoms with van der Waals surface area (Å²) in [4.78, 5) is 16.0. The minimum Gasteiger partial charge on any atom is -0.489 e. The summed E-state index contributed by atoms with van der Waals surface area (Å²) in [5.41, 5.74) is 1.57. The van der Waals surface area contributed by atoms with Crippen molar-refractivity contribution in [2.24, 2.45) is 0 Å². The number of carboxylic acid groups (broad SMARTS) is 1. The van der Waals surface area contributed by atoms with Gasteiger partial charge in [0.05, 0.1) is 0 Å². The first-order chi connectivity index (χ1) is 14.0. The molecule has 0 spiro atoms. The van der Waals surface area contributed by atoms with E-state index in [2.05, 4.69) is 15.2 Å². The molecule has 3 aromatic rings. The Bertz CT molecular complexity index is 985. The summed E-state index contributed by atoms with van der Waals surface area (Å²) in [7, 11) is 0. The number of halogens is 1. The molecule has 0 unspecified atom stereocenters. The monoisotopic (exact) mass is 413 g/mol. The molecule has 6 nitrogen and oxygen atoms in total. The number of thioether (sulfide) groups is 1. The molecule has 0 atom stereocenters. The zero-order valence-electron chi connectivity index (χ0n) is 15.8. The number of carbonyl (C=O) groups is 1. The van der Waals surface area contributed by atoms with Crippen LogP contribution < -0.4 is 4.74 Å². The van der Waals surface area contributed by atoms with Gasteiger partial charge in [0.1, 0.15) is 28.9 Å². The molecular weight excluding hydrogens is 393 g/mol. The van der Waals surface area contributed by atoms with Gasteiger partial charge >= 0.3 is 5.97 Å². The van der Waals surface area contributed by atoms with Gasteiger partial charge in [0.2, 0.25) is 5.16 Å². The van der Waals surface area contributed by atoms with Crippen LogP contribution in [0.25, 0.3) is 6.08 Å². The highest BCUT2D eigenvalue weighted by Gasteiger charge is 2.13. The van der Waals surface area contributed by atoms with Gasteiger partial charge in [-0.05, 0) is 59.7 Å². The van der Waals surface area contributed by atoms with Crippen LogP contribution in [0.4, 0.5) is 4.39 Å². The second kappa shape index (κ2) is 9.88. The second-order valence-corrected chi connectivity index (χ2v) is 7.22. The topological polar surface area (TPSA) is 88.1 Å². The van der Waals surface area contributed by atoms with Crippen LogP contribution in [0.1, 0.15) is 30.3 Å². The third kappa shape index (κ3) is 6.18. The van der Waals surface area contributed by atoms with Crippen LogP contribution in [-0.2, 0) is 17.8 Å². The number of nitrogens with zero attached hydrogens (tertiary/aromatic N) is 2. The Morgan fingerprint density at radius 3 is 2.59 bits per heavy atom. The van der Waals surface area contributed by atoms with Gasteiger partial charge in [-0.1, -0.05) is 31.2 Å². The molecule has 8 heteroatoms. The zero-order valence-corrected chi connectivity index (χ0v) is 16.6. The molecule has 0 amide bonds. The average molecular weight is 413 g/mol. The van der Waals surface area contributed by atoms with Crippen molar-refractivity contribution < 1.29 is 19.0 Å². The van der Waals surface area contributed by atoms with Gasteiger partial charge in [-0.2, -0.15) is 0 Å². The summed E-state index contributed by atoms with van der Waals surface area (Å²) in [6.45, 7) is 2.35. The molecule has 3 rings (SSSR count). The maximum atomic E-state index is 12.9. The van der Waals surface area contributed by atoms with Gasteiger partial charge in [0.25, 0.3) is 0 Å². The summed E-state index contributed by atoms with van der Waals surface area (Å²) >= 11 is 0.997. The lowest BCUT2D eigenvalue weighted by Crippen LogP contribution is -1.98. The fraction of sp³-hybridized carbons (Fsp3) is 0.190. The summed E-state index contributed by atoms with van der Waals surface area (Å²) in [5, 5.41) is 16.7. The molecule has 0 saturated heterocycles. The number of H-pyrrole nitrogens is 1. The number of carboxylic acids is 1. The highest BCUT2D eigenvalue weighted by molar-refractivity contribution is 8.04. The van der Waals surface area contributed by atoms with E-state index in [1.54, 1.807) is 42.5 Å². The van der Waals surface area contributed by atoms with Crippen LogP contribution in [0.3, 0.4) is 0 Å². The Morgan fingerprint density at radius 1 is 1.21 bits per heavy atom. The number of ether oxygens (including phenoxy) is 1. The van der Waals surface area contributed by atoms with Crippen LogP contribution >= 0.6 is 11.8 Å². The molecule has 1 heterocycles. The Labute approximate surface area is 171 Å². The van der Waals surface area contributed by atoms with E-state index in [0.29, 0.717) is 23.1 Å². The molecule has 0 aliphatic carbocycles. The molecule has 1 aromatic heterocycles. The molecule has 150 valence electrons. The Hall–Kier alpha value is -3.13. The lowest BCUT2D eigenvalue weighted by Gasteiger charge is -2.07. The van der Waals surface area contributed by atoms with Gasteiger partial charge in [0, 0.05) is 6.42 Å². The SMILES string of the molecule is CCCc1nc(S/C(=C\c2ccc(OCc3ccc(F)cc3)cc2)C(=O)O)n[nH]1. The van der Waals surface area contributed by atoms with Crippen molar-refractivity contribution in [1.82, 2.24) is 15.2 Å². The van der Waals surface area contributed by atoms with E-state index in [-0.39, 0.29) is 10.7 Å². The van der Waals surface area contributed by atoms with Crippen molar-refractivity contribution in [3.8, 4) is 5.75 Å². The van der Waals surface area contributed by atoms with Gasteiger partial charge in [-0.3, -0.25) is 5.10 Å². The molecule has 0 aliphatic rings. The normalized spacial score (nSPS) is 11.4. The maximum absolute atomic E-state index is 12.9. The van der Waals surface area contributed by atoms with Crippen LogP contribution in [0, 0.1) is 5.82 Å². The molecule has 2 N–H and O–H groups in total. The van der Waals surface area contributed by atoms with Crippen molar-refractivity contribution in [1.29, 1.82) is 0 Å². The number of hydrogen-bond acceptors (Lipinski definition) is 5. The number of aromatic nitrogens is 3. The quantitative estimate of drug-likeness (QED) is 0.391. The maximum Gasteiger partial charge on any atom is 0.342 e. The number of rotatable bonds is 9. The van der Waals surface area contributed by atoms with Gasteiger partial charge in [-0.15, -0.1) is 5.10 Å². The molecule has 0 saturated carbocycles. The first-order valence-corrected chi connectivity index (χ1v) is 9.86. The second-order valence-electron chi connectivity index (χ2n) is 6.21. The van der Waals surface area contributed by atoms with Gasteiger partial charge < -0.3 is 9.84 Å². The Balaban J connectivity index is 1.64. The minimum absolute atomic E-state index is 0.118. The highest BCUT2D eigenvalue weighted by atomic mass is 32.2. The molecule has 2 aromatic carbocycles. The highest BCUT2D eigenvalue weighted by Crippen LogP contribution is 2.26. The fourth-order valence-electron chi connectivity index (χ4n) is 2.46. The summed E-state index contributed by atoms with van der Waals surface area (Å²) in [6, 6.07) is 13.1.